The zero-order chi connectivity index (χ0) is 17.8. The van der Waals surface area contributed by atoms with Crippen LogP contribution in [0.2, 0.25) is 0 Å². The lowest BCUT2D eigenvalue weighted by atomic mass is 10.2. The molecule has 1 heterocycles. The number of hydrogen-bond donors (Lipinski definition) is 2. The molecule has 0 atom stereocenters. The van der Waals surface area contributed by atoms with Gasteiger partial charge in [0, 0.05) is 0 Å². The molecule has 1 fully saturated rings. The Kier molecular flexibility index (Phi) is 4.85. The van der Waals surface area contributed by atoms with Gasteiger partial charge in [0.25, 0.3) is 11.8 Å². The van der Waals surface area contributed by atoms with Crippen molar-refractivity contribution in [3.63, 3.8) is 0 Å². The maximum atomic E-state index is 12.1. The lowest BCUT2D eigenvalue weighted by Crippen LogP contribution is -2.19. The maximum absolute atomic E-state index is 12.1. The number of nitrogens with zero attached hydrogens (tertiary/aromatic N) is 1. The first-order valence-electron chi connectivity index (χ1n) is 7.39. The summed E-state index contributed by atoms with van der Waals surface area (Å²) in [6, 6.07) is 14.1. The fraction of sp³-hybridized carbons (Fsp3) is 0.0556. The second-order valence-electron chi connectivity index (χ2n) is 5.14. The summed E-state index contributed by atoms with van der Waals surface area (Å²) in [5, 5.41) is 3.09. The molecule has 0 radical (unpaired) electrons. The number of nitrogens with one attached hydrogen (secondary N) is 1. The van der Waals surface area contributed by atoms with E-state index in [2.05, 4.69) is 10.3 Å². The van der Waals surface area contributed by atoms with E-state index in [1.165, 1.54) is 11.8 Å². The van der Waals surface area contributed by atoms with Crippen LogP contribution in [0.5, 0.6) is 5.75 Å². The predicted octanol–water partition coefficient (Wildman–Crippen LogP) is 2.69. The summed E-state index contributed by atoms with van der Waals surface area (Å²) in [4.78, 5) is 28.4. The van der Waals surface area contributed by atoms with E-state index in [1.807, 2.05) is 24.3 Å². The molecule has 126 valence electrons. The van der Waals surface area contributed by atoms with Crippen molar-refractivity contribution in [2.75, 3.05) is 7.11 Å². The highest BCUT2D eigenvalue weighted by Gasteiger charge is 2.24. The van der Waals surface area contributed by atoms with Crippen molar-refractivity contribution in [1.29, 1.82) is 0 Å². The molecule has 3 rings (SSSR count). The van der Waals surface area contributed by atoms with Gasteiger partial charge in [0.2, 0.25) is 0 Å². The molecule has 7 heteroatoms. The zero-order valence-electron chi connectivity index (χ0n) is 13.4. The first kappa shape index (κ1) is 16.8. The van der Waals surface area contributed by atoms with E-state index in [4.69, 9.17) is 10.5 Å². The highest BCUT2D eigenvalue weighted by Crippen LogP contribution is 2.29. The molecule has 25 heavy (non-hydrogen) atoms. The van der Waals surface area contributed by atoms with Crippen LogP contribution >= 0.6 is 11.8 Å². The summed E-state index contributed by atoms with van der Waals surface area (Å²) in [5.41, 5.74) is 6.94. The van der Waals surface area contributed by atoms with Crippen molar-refractivity contribution in [2.45, 2.75) is 0 Å². The second kappa shape index (κ2) is 7.23. The summed E-state index contributed by atoms with van der Waals surface area (Å²) < 4.78 is 5.11. The number of para-hydroxylation sites is 1. The Labute approximate surface area is 148 Å². The molecular formula is C18H15N3O3S. The molecule has 0 unspecified atom stereocenters. The van der Waals surface area contributed by atoms with Crippen LogP contribution in [0, 0.1) is 0 Å². The van der Waals surface area contributed by atoms with E-state index >= 15 is 0 Å². The Morgan fingerprint density at radius 3 is 2.60 bits per heavy atom. The van der Waals surface area contributed by atoms with Gasteiger partial charge in [0.15, 0.2) is 5.17 Å². The lowest BCUT2D eigenvalue weighted by molar-refractivity contribution is -0.115. The van der Waals surface area contributed by atoms with Crippen LogP contribution in [0.3, 0.4) is 0 Å². The van der Waals surface area contributed by atoms with Gasteiger partial charge in [-0.1, -0.05) is 24.3 Å². The molecule has 0 spiro atoms. The third kappa shape index (κ3) is 3.89. The average Bonchev–Trinajstić information content (AvgIpc) is 2.95. The molecule has 2 amide bonds. The second-order valence-corrected chi connectivity index (χ2v) is 6.17. The molecule has 6 nitrogen and oxygen atoms in total. The molecular weight excluding hydrogens is 338 g/mol. The largest absolute Gasteiger partial charge is 0.497 e. The number of benzene rings is 2. The number of thioether (sulfide) groups is 1. The molecule has 3 N–H and O–H groups in total. The number of hydrogen-bond acceptors (Lipinski definition) is 5. The summed E-state index contributed by atoms with van der Waals surface area (Å²) in [6.07, 6.45) is 1.77. The SMILES string of the molecule is COc1ccc(/C=C2\SC(=Nc3ccccc3C(N)=O)NC2=O)cc1. The summed E-state index contributed by atoms with van der Waals surface area (Å²) in [6.45, 7) is 0. The summed E-state index contributed by atoms with van der Waals surface area (Å²) in [5.74, 6) is -0.0598. The number of amidine groups is 1. The third-order valence-electron chi connectivity index (χ3n) is 3.46. The third-order valence-corrected chi connectivity index (χ3v) is 4.37. The molecule has 2 aromatic carbocycles. The molecule has 0 aliphatic carbocycles. The Morgan fingerprint density at radius 1 is 1.20 bits per heavy atom. The van der Waals surface area contributed by atoms with Crippen molar-refractivity contribution >= 4 is 40.5 Å². The monoisotopic (exact) mass is 353 g/mol. The predicted molar refractivity (Wildman–Crippen MR) is 98.8 cm³/mol. The minimum atomic E-state index is -0.566. The van der Waals surface area contributed by atoms with Crippen molar-refractivity contribution in [2.24, 2.45) is 10.7 Å². The molecule has 1 aliphatic heterocycles. The normalized spacial score (nSPS) is 16.9. The summed E-state index contributed by atoms with van der Waals surface area (Å²) >= 11 is 1.21. The molecule has 1 aliphatic rings. The van der Waals surface area contributed by atoms with Gasteiger partial charge in [0.1, 0.15) is 5.75 Å². The van der Waals surface area contributed by atoms with E-state index < -0.39 is 5.91 Å². The molecule has 1 saturated heterocycles. The Balaban J connectivity index is 1.85. The van der Waals surface area contributed by atoms with Gasteiger partial charge in [0.05, 0.1) is 23.3 Å². The Bertz CT molecular complexity index is 889. The topological polar surface area (TPSA) is 93.8 Å². The zero-order valence-corrected chi connectivity index (χ0v) is 14.2. The lowest BCUT2D eigenvalue weighted by Gasteiger charge is -2.01. The van der Waals surface area contributed by atoms with Gasteiger partial charge in [-0.15, -0.1) is 0 Å². The quantitative estimate of drug-likeness (QED) is 0.827. The fourth-order valence-corrected chi connectivity index (χ4v) is 3.06. The van der Waals surface area contributed by atoms with Crippen LogP contribution in [0.4, 0.5) is 5.69 Å². The number of amides is 2. The van der Waals surface area contributed by atoms with Gasteiger partial charge in [-0.2, -0.15) is 0 Å². The van der Waals surface area contributed by atoms with Crippen LogP contribution in [-0.2, 0) is 4.79 Å². The summed E-state index contributed by atoms with van der Waals surface area (Å²) in [7, 11) is 1.60. The van der Waals surface area contributed by atoms with E-state index in [9.17, 15) is 9.59 Å². The number of methoxy groups -OCH3 is 1. The van der Waals surface area contributed by atoms with Crippen molar-refractivity contribution in [3.05, 3.63) is 64.6 Å². The van der Waals surface area contributed by atoms with E-state index in [-0.39, 0.29) is 5.91 Å². The van der Waals surface area contributed by atoms with E-state index in [1.54, 1.807) is 37.5 Å². The smallest absolute Gasteiger partial charge is 0.264 e. The van der Waals surface area contributed by atoms with Gasteiger partial charge in [-0.05, 0) is 47.7 Å². The standard InChI is InChI=1S/C18H15N3O3S/c1-24-12-8-6-11(7-9-12)10-15-17(23)21-18(25-15)20-14-5-3-2-4-13(14)16(19)22/h2-10H,1H3,(H2,19,22)(H,20,21,23)/b15-10-. The van der Waals surface area contributed by atoms with Gasteiger partial charge in [-0.3, -0.25) is 9.59 Å². The van der Waals surface area contributed by atoms with Crippen molar-refractivity contribution in [3.8, 4) is 5.75 Å². The number of primary amides is 1. The maximum Gasteiger partial charge on any atom is 0.264 e. The number of rotatable bonds is 4. The first-order chi connectivity index (χ1) is 12.1. The molecule has 0 saturated carbocycles. The molecule has 0 aromatic heterocycles. The van der Waals surface area contributed by atoms with Crippen LogP contribution in [0.1, 0.15) is 15.9 Å². The van der Waals surface area contributed by atoms with E-state index in [0.717, 1.165) is 11.3 Å². The Hall–Kier alpha value is -3.06. The number of nitrogens with two attached hydrogens (primary N) is 1. The van der Waals surface area contributed by atoms with Crippen molar-refractivity contribution in [1.82, 2.24) is 5.32 Å². The molecule has 2 aromatic rings. The van der Waals surface area contributed by atoms with Crippen LogP contribution < -0.4 is 15.8 Å². The highest BCUT2D eigenvalue weighted by atomic mass is 32.2. The van der Waals surface area contributed by atoms with Crippen molar-refractivity contribution < 1.29 is 14.3 Å². The van der Waals surface area contributed by atoms with Gasteiger partial charge >= 0.3 is 0 Å². The Morgan fingerprint density at radius 2 is 1.92 bits per heavy atom. The average molecular weight is 353 g/mol. The minimum Gasteiger partial charge on any atom is -0.497 e. The number of carbonyl (C=O) groups is 2. The minimum absolute atomic E-state index is 0.240. The van der Waals surface area contributed by atoms with Crippen LogP contribution in [0.15, 0.2) is 58.4 Å². The highest BCUT2D eigenvalue weighted by molar-refractivity contribution is 8.18. The molecule has 0 bridgehead atoms. The fourth-order valence-electron chi connectivity index (χ4n) is 2.22. The first-order valence-corrected chi connectivity index (χ1v) is 8.21. The number of carbonyl (C=O) groups excluding carboxylic acids is 2. The number of ether oxygens (including phenoxy) is 1. The van der Waals surface area contributed by atoms with Gasteiger partial charge < -0.3 is 15.8 Å². The van der Waals surface area contributed by atoms with Gasteiger partial charge in [-0.25, -0.2) is 4.99 Å². The van der Waals surface area contributed by atoms with Crippen LogP contribution in [-0.4, -0.2) is 24.1 Å². The van der Waals surface area contributed by atoms with E-state index in [0.29, 0.717) is 21.3 Å². The van der Waals surface area contributed by atoms with Crippen LogP contribution in [0.25, 0.3) is 6.08 Å². The number of aliphatic imine (C=N–C) groups is 1.